The third-order valence-electron chi connectivity index (χ3n) is 9.64. The summed E-state index contributed by atoms with van der Waals surface area (Å²) in [6.07, 6.45) is 6.48. The maximum atomic E-state index is 13.2. The number of guanidine groups is 1. The Hall–Kier alpha value is -1.10. The second kappa shape index (κ2) is 9.99. The highest BCUT2D eigenvalue weighted by Crippen LogP contribution is 2.37. The van der Waals surface area contributed by atoms with E-state index in [1.807, 2.05) is 19.0 Å². The first-order valence-electron chi connectivity index (χ1n) is 13.8. The molecule has 0 bridgehead atoms. The highest BCUT2D eigenvalue weighted by atomic mass is 19.4. The van der Waals surface area contributed by atoms with Gasteiger partial charge >= 0.3 is 6.18 Å². The molecule has 0 aromatic rings. The predicted molar refractivity (Wildman–Crippen MR) is 131 cm³/mol. The molecule has 35 heavy (non-hydrogen) atoms. The fourth-order valence-electron chi connectivity index (χ4n) is 7.67. The number of fused-ring (bicyclic) bond motifs is 1. The molecule has 3 saturated heterocycles. The summed E-state index contributed by atoms with van der Waals surface area (Å²) in [5.41, 5.74) is 0. The number of halogens is 3. The molecule has 10 heteroatoms. The van der Waals surface area contributed by atoms with Crippen molar-refractivity contribution in [2.45, 2.75) is 108 Å². The number of nitrogens with one attached hydrogen (secondary N) is 4. The van der Waals surface area contributed by atoms with Gasteiger partial charge < -0.3 is 9.80 Å². The quantitative estimate of drug-likeness (QED) is 0.477. The Balaban J connectivity index is 1.19. The fourth-order valence-corrected chi connectivity index (χ4v) is 7.67. The molecule has 5 fully saturated rings. The minimum Gasteiger partial charge on any atom is -0.338 e. The van der Waals surface area contributed by atoms with Crippen LogP contribution in [0.15, 0.2) is 0 Å². The molecule has 3 heterocycles. The minimum absolute atomic E-state index is 0.0362. The summed E-state index contributed by atoms with van der Waals surface area (Å²) in [7, 11) is 3.85. The Morgan fingerprint density at radius 3 is 2.20 bits per heavy atom. The van der Waals surface area contributed by atoms with E-state index < -0.39 is 12.2 Å². The van der Waals surface area contributed by atoms with E-state index in [1.54, 1.807) is 0 Å². The standard InChI is InChI=1S/C25H44F3N7/c1-15-20-23(32-21(30-15)17-7-5-4-6-8-17)35(24(29)34(20)3)13-16-9-11-18(12-10-16)22-31-19(14-33(22)2)25(26,27)28/h15-23,29-32H,4-14H2,1-3H3. The number of alkyl halides is 3. The van der Waals surface area contributed by atoms with Crippen molar-refractivity contribution in [3.05, 3.63) is 0 Å². The van der Waals surface area contributed by atoms with Gasteiger partial charge in [0.2, 0.25) is 0 Å². The Labute approximate surface area is 208 Å². The zero-order chi connectivity index (χ0) is 24.9. The fraction of sp³-hybridized carbons (Fsp3) is 0.960. The Morgan fingerprint density at radius 2 is 1.57 bits per heavy atom. The minimum atomic E-state index is -4.19. The van der Waals surface area contributed by atoms with Crippen molar-refractivity contribution in [3.8, 4) is 0 Å². The van der Waals surface area contributed by atoms with Gasteiger partial charge in [-0.3, -0.25) is 26.3 Å². The molecule has 0 aromatic heterocycles. The van der Waals surface area contributed by atoms with Gasteiger partial charge in [-0.15, -0.1) is 0 Å². The van der Waals surface area contributed by atoms with Crippen LogP contribution < -0.4 is 16.0 Å². The summed E-state index contributed by atoms with van der Waals surface area (Å²) >= 11 is 0. The van der Waals surface area contributed by atoms with Crippen LogP contribution in [-0.4, -0.2) is 90.6 Å². The van der Waals surface area contributed by atoms with E-state index in [2.05, 4.69) is 32.7 Å². The van der Waals surface area contributed by atoms with Crippen molar-refractivity contribution >= 4 is 5.96 Å². The van der Waals surface area contributed by atoms with E-state index in [4.69, 9.17) is 5.41 Å². The van der Waals surface area contributed by atoms with E-state index in [-0.39, 0.29) is 30.8 Å². The van der Waals surface area contributed by atoms with Gasteiger partial charge in [0.25, 0.3) is 0 Å². The second-order valence-electron chi connectivity index (χ2n) is 11.9. The molecule has 7 nitrogen and oxygen atoms in total. The van der Waals surface area contributed by atoms with E-state index >= 15 is 0 Å². The predicted octanol–water partition coefficient (Wildman–Crippen LogP) is 2.95. The second-order valence-corrected chi connectivity index (χ2v) is 11.9. The summed E-state index contributed by atoms with van der Waals surface area (Å²) in [5, 5.41) is 19.5. The van der Waals surface area contributed by atoms with Crippen LogP contribution in [-0.2, 0) is 0 Å². The normalized spacial score (nSPS) is 42.1. The summed E-state index contributed by atoms with van der Waals surface area (Å²) in [5.74, 6) is 1.98. The maximum Gasteiger partial charge on any atom is 0.405 e. The number of hydrogen-bond acceptors (Lipinski definition) is 5. The lowest BCUT2D eigenvalue weighted by molar-refractivity contribution is -0.150. The van der Waals surface area contributed by atoms with Gasteiger partial charge in [-0.05, 0) is 70.3 Å². The van der Waals surface area contributed by atoms with Gasteiger partial charge in [0.05, 0.1) is 18.4 Å². The topological polar surface area (TPSA) is 69.7 Å². The lowest BCUT2D eigenvalue weighted by atomic mass is 9.80. The molecule has 0 spiro atoms. The van der Waals surface area contributed by atoms with Crippen LogP contribution in [0.25, 0.3) is 0 Å². The molecule has 4 N–H and O–H groups in total. The largest absolute Gasteiger partial charge is 0.405 e. The molecular weight excluding hydrogens is 455 g/mol. The van der Waals surface area contributed by atoms with Gasteiger partial charge in [-0.25, -0.2) is 0 Å². The molecule has 2 aliphatic carbocycles. The van der Waals surface area contributed by atoms with Gasteiger partial charge in [-0.1, -0.05) is 19.3 Å². The van der Waals surface area contributed by atoms with Crippen LogP contribution in [0, 0.1) is 23.2 Å². The first-order chi connectivity index (χ1) is 16.6. The van der Waals surface area contributed by atoms with Crippen molar-refractivity contribution in [2.75, 3.05) is 27.2 Å². The molecule has 0 aromatic carbocycles. The van der Waals surface area contributed by atoms with E-state index in [0.29, 0.717) is 30.0 Å². The van der Waals surface area contributed by atoms with Crippen molar-refractivity contribution in [3.63, 3.8) is 0 Å². The van der Waals surface area contributed by atoms with Gasteiger partial charge in [0.15, 0.2) is 5.96 Å². The van der Waals surface area contributed by atoms with Crippen molar-refractivity contribution in [1.82, 2.24) is 30.7 Å². The first-order valence-corrected chi connectivity index (χ1v) is 13.8. The molecule has 200 valence electrons. The van der Waals surface area contributed by atoms with Crippen molar-refractivity contribution in [1.29, 1.82) is 5.41 Å². The third-order valence-corrected chi connectivity index (χ3v) is 9.64. The van der Waals surface area contributed by atoms with Crippen LogP contribution in [0.2, 0.25) is 0 Å². The van der Waals surface area contributed by atoms with Crippen molar-refractivity contribution in [2.24, 2.45) is 17.8 Å². The molecule has 5 aliphatic rings. The molecule has 6 atom stereocenters. The average molecular weight is 500 g/mol. The Bertz CT molecular complexity index is 750. The zero-order valence-corrected chi connectivity index (χ0v) is 21.4. The zero-order valence-electron chi connectivity index (χ0n) is 21.4. The van der Waals surface area contributed by atoms with E-state index in [9.17, 15) is 13.2 Å². The van der Waals surface area contributed by atoms with Crippen LogP contribution in [0.5, 0.6) is 0 Å². The highest BCUT2D eigenvalue weighted by molar-refractivity contribution is 5.80. The van der Waals surface area contributed by atoms with E-state index in [1.165, 1.54) is 32.1 Å². The molecule has 5 rings (SSSR count). The number of likely N-dealkylation sites (N-methyl/N-ethyl adjacent to an activating group) is 2. The van der Waals surface area contributed by atoms with Crippen LogP contribution in [0.1, 0.15) is 64.7 Å². The smallest absolute Gasteiger partial charge is 0.338 e. The number of hydrogen-bond donors (Lipinski definition) is 4. The Morgan fingerprint density at radius 1 is 0.886 bits per heavy atom. The summed E-state index contributed by atoms with van der Waals surface area (Å²) in [6, 6.07) is -0.878. The third kappa shape index (κ3) is 5.05. The van der Waals surface area contributed by atoms with Crippen LogP contribution >= 0.6 is 0 Å². The molecule has 6 unspecified atom stereocenters. The maximum absolute atomic E-state index is 13.2. The van der Waals surface area contributed by atoms with Crippen LogP contribution in [0.3, 0.4) is 0 Å². The average Bonchev–Trinajstić information content (AvgIpc) is 3.34. The summed E-state index contributed by atoms with van der Waals surface area (Å²) in [4.78, 5) is 6.25. The van der Waals surface area contributed by atoms with Crippen molar-refractivity contribution < 1.29 is 13.2 Å². The Kier molecular flexibility index (Phi) is 7.29. The monoisotopic (exact) mass is 499 g/mol. The van der Waals surface area contributed by atoms with Gasteiger partial charge in [-0.2, -0.15) is 13.2 Å². The first kappa shape index (κ1) is 25.5. The molecule has 0 radical (unpaired) electrons. The van der Waals surface area contributed by atoms with E-state index in [0.717, 1.165) is 32.2 Å². The number of rotatable bonds is 4. The SMILES string of the molecule is CC1NC(C2CCCCC2)NC2C1N(C)C(=N)N2CC1CCC(C2NC(C(F)(F)F)CN2C)CC1. The molecule has 0 amide bonds. The lowest BCUT2D eigenvalue weighted by Gasteiger charge is -2.46. The highest BCUT2D eigenvalue weighted by Gasteiger charge is 2.51. The van der Waals surface area contributed by atoms with Gasteiger partial charge in [0, 0.05) is 26.2 Å². The lowest BCUT2D eigenvalue weighted by Crippen LogP contribution is -2.70. The summed E-state index contributed by atoms with van der Waals surface area (Å²) < 4.78 is 39.6. The van der Waals surface area contributed by atoms with Gasteiger partial charge in [0.1, 0.15) is 12.2 Å². The summed E-state index contributed by atoms with van der Waals surface area (Å²) in [6.45, 7) is 3.15. The molecular formula is C25H44F3N7. The molecule has 3 aliphatic heterocycles. The molecule has 2 saturated carbocycles. The number of nitrogens with zero attached hydrogens (tertiary/aromatic N) is 3. The van der Waals surface area contributed by atoms with Crippen LogP contribution in [0.4, 0.5) is 13.2 Å².